The Morgan fingerprint density at radius 1 is 1.05 bits per heavy atom. The molecule has 3 heterocycles. The summed E-state index contributed by atoms with van der Waals surface area (Å²) in [5.41, 5.74) is 0. The highest BCUT2D eigenvalue weighted by Gasteiger charge is 2.20. The van der Waals surface area contributed by atoms with Gasteiger partial charge in [-0.05, 0) is 38.2 Å². The van der Waals surface area contributed by atoms with Crippen molar-refractivity contribution in [3.8, 4) is 0 Å². The number of aliphatic hydroxyl groups excluding tert-OH is 1. The van der Waals surface area contributed by atoms with Crippen molar-refractivity contribution in [3.05, 3.63) is 12.3 Å². The fourth-order valence-electron chi connectivity index (χ4n) is 2.92. The zero-order valence-corrected chi connectivity index (χ0v) is 11.3. The smallest absolute Gasteiger partial charge is 0.227 e. The van der Waals surface area contributed by atoms with Crippen LogP contribution in [0.5, 0.6) is 0 Å². The minimum atomic E-state index is -0.220. The second-order valence-corrected chi connectivity index (χ2v) is 5.50. The van der Waals surface area contributed by atoms with Crippen molar-refractivity contribution < 1.29 is 5.11 Å². The van der Waals surface area contributed by atoms with Crippen LogP contribution in [0.25, 0.3) is 0 Å². The van der Waals surface area contributed by atoms with Crippen molar-refractivity contribution in [3.63, 3.8) is 0 Å². The lowest BCUT2D eigenvalue weighted by atomic mass is 10.1. The fraction of sp³-hybridized carbons (Fsp3) is 0.714. The number of hydrogen-bond acceptors (Lipinski definition) is 5. The molecular formula is C14H22N4O. The number of piperidine rings is 2. The van der Waals surface area contributed by atoms with E-state index in [0.29, 0.717) is 6.54 Å². The molecule has 5 heteroatoms. The number of anilines is 2. The van der Waals surface area contributed by atoms with Crippen LogP contribution in [0.1, 0.15) is 32.1 Å². The van der Waals surface area contributed by atoms with Crippen LogP contribution in [0.3, 0.4) is 0 Å². The monoisotopic (exact) mass is 262 g/mol. The number of nitrogens with zero attached hydrogens (tertiary/aromatic N) is 4. The van der Waals surface area contributed by atoms with E-state index in [1.807, 2.05) is 12.3 Å². The fourth-order valence-corrected chi connectivity index (χ4v) is 2.92. The molecule has 0 aliphatic carbocycles. The van der Waals surface area contributed by atoms with E-state index in [4.69, 9.17) is 0 Å². The van der Waals surface area contributed by atoms with Crippen LogP contribution in [0, 0.1) is 0 Å². The molecule has 2 aliphatic heterocycles. The van der Waals surface area contributed by atoms with Crippen LogP contribution >= 0.6 is 0 Å². The van der Waals surface area contributed by atoms with E-state index in [1.54, 1.807) is 0 Å². The van der Waals surface area contributed by atoms with Crippen molar-refractivity contribution in [1.82, 2.24) is 9.97 Å². The maximum atomic E-state index is 9.76. The molecule has 1 aromatic rings. The molecule has 2 saturated heterocycles. The molecule has 2 aliphatic rings. The third-order valence-corrected chi connectivity index (χ3v) is 3.99. The van der Waals surface area contributed by atoms with Gasteiger partial charge < -0.3 is 14.9 Å². The summed E-state index contributed by atoms with van der Waals surface area (Å²) in [7, 11) is 0. The van der Waals surface area contributed by atoms with E-state index >= 15 is 0 Å². The first kappa shape index (κ1) is 12.7. The molecule has 0 amide bonds. The summed E-state index contributed by atoms with van der Waals surface area (Å²) in [5.74, 6) is 1.80. The molecule has 0 aromatic carbocycles. The topological polar surface area (TPSA) is 52.5 Å². The van der Waals surface area contributed by atoms with Crippen molar-refractivity contribution in [2.75, 3.05) is 36.0 Å². The molecule has 1 atom stereocenters. The molecule has 1 aromatic heterocycles. The maximum absolute atomic E-state index is 9.76. The number of rotatable bonds is 2. The summed E-state index contributed by atoms with van der Waals surface area (Å²) in [6.07, 6.45) is 7.33. The van der Waals surface area contributed by atoms with E-state index in [9.17, 15) is 5.11 Å². The molecule has 0 radical (unpaired) electrons. The Morgan fingerprint density at radius 2 is 1.84 bits per heavy atom. The van der Waals surface area contributed by atoms with Gasteiger partial charge in [0.1, 0.15) is 5.82 Å². The van der Waals surface area contributed by atoms with Gasteiger partial charge in [0.2, 0.25) is 5.95 Å². The second-order valence-electron chi connectivity index (χ2n) is 5.50. The summed E-state index contributed by atoms with van der Waals surface area (Å²) in [5, 5.41) is 9.76. The maximum Gasteiger partial charge on any atom is 0.227 e. The minimum Gasteiger partial charge on any atom is -0.391 e. The van der Waals surface area contributed by atoms with E-state index in [2.05, 4.69) is 19.8 Å². The molecule has 1 N–H and O–H groups in total. The Kier molecular flexibility index (Phi) is 3.82. The van der Waals surface area contributed by atoms with Crippen LogP contribution in [-0.2, 0) is 0 Å². The zero-order chi connectivity index (χ0) is 13.1. The van der Waals surface area contributed by atoms with E-state index in [1.165, 1.54) is 19.3 Å². The lowest BCUT2D eigenvalue weighted by Gasteiger charge is -2.32. The van der Waals surface area contributed by atoms with E-state index < -0.39 is 0 Å². The second kappa shape index (κ2) is 5.74. The van der Waals surface area contributed by atoms with Gasteiger partial charge in [0.05, 0.1) is 6.10 Å². The average molecular weight is 262 g/mol. The predicted octanol–water partition coefficient (Wildman–Crippen LogP) is 1.43. The Labute approximate surface area is 114 Å². The van der Waals surface area contributed by atoms with Gasteiger partial charge in [0.25, 0.3) is 0 Å². The largest absolute Gasteiger partial charge is 0.391 e. The van der Waals surface area contributed by atoms with E-state index in [0.717, 1.165) is 44.2 Å². The first-order chi connectivity index (χ1) is 9.33. The van der Waals surface area contributed by atoms with Crippen LogP contribution in [0.4, 0.5) is 11.8 Å². The SMILES string of the molecule is OC1CCCN(c2ccnc(N3CCCCC3)n2)C1. The van der Waals surface area contributed by atoms with Gasteiger partial charge in [-0.2, -0.15) is 4.98 Å². The number of aliphatic hydroxyl groups is 1. The lowest BCUT2D eigenvalue weighted by Crippen LogP contribution is -2.39. The van der Waals surface area contributed by atoms with Crippen molar-refractivity contribution in [2.24, 2.45) is 0 Å². The van der Waals surface area contributed by atoms with Gasteiger partial charge in [-0.15, -0.1) is 0 Å². The van der Waals surface area contributed by atoms with Crippen molar-refractivity contribution in [2.45, 2.75) is 38.2 Å². The van der Waals surface area contributed by atoms with Crippen LogP contribution in [0.2, 0.25) is 0 Å². The Bertz CT molecular complexity index is 420. The Morgan fingerprint density at radius 3 is 2.63 bits per heavy atom. The van der Waals surface area contributed by atoms with Gasteiger partial charge in [-0.25, -0.2) is 4.98 Å². The third kappa shape index (κ3) is 2.97. The van der Waals surface area contributed by atoms with Gasteiger partial charge in [0.15, 0.2) is 0 Å². The highest BCUT2D eigenvalue weighted by Crippen LogP contribution is 2.21. The molecule has 19 heavy (non-hydrogen) atoms. The molecule has 0 bridgehead atoms. The van der Waals surface area contributed by atoms with Crippen LogP contribution in [0.15, 0.2) is 12.3 Å². The Hall–Kier alpha value is -1.36. The summed E-state index contributed by atoms with van der Waals surface area (Å²) in [4.78, 5) is 13.5. The number of aromatic nitrogens is 2. The van der Waals surface area contributed by atoms with Crippen LogP contribution < -0.4 is 9.80 Å². The van der Waals surface area contributed by atoms with Gasteiger partial charge in [-0.3, -0.25) is 0 Å². The van der Waals surface area contributed by atoms with Crippen molar-refractivity contribution >= 4 is 11.8 Å². The lowest BCUT2D eigenvalue weighted by molar-refractivity contribution is 0.154. The van der Waals surface area contributed by atoms with E-state index in [-0.39, 0.29) is 6.10 Å². The minimum absolute atomic E-state index is 0.220. The molecule has 1 unspecified atom stereocenters. The molecule has 3 rings (SSSR count). The molecule has 2 fully saturated rings. The highest BCUT2D eigenvalue weighted by molar-refractivity contribution is 5.44. The average Bonchev–Trinajstić information content (AvgIpc) is 2.48. The quantitative estimate of drug-likeness (QED) is 0.874. The molecule has 104 valence electrons. The summed E-state index contributed by atoms with van der Waals surface area (Å²) in [6, 6.07) is 1.95. The first-order valence-corrected chi connectivity index (χ1v) is 7.34. The molecule has 5 nitrogen and oxygen atoms in total. The normalized spacial score (nSPS) is 24.6. The van der Waals surface area contributed by atoms with Gasteiger partial charge in [0, 0.05) is 32.4 Å². The number of β-amino-alcohol motifs (C(OH)–C–C–N with tert-alkyl or cyclic N) is 1. The summed E-state index contributed by atoms with van der Waals surface area (Å²) >= 11 is 0. The summed E-state index contributed by atoms with van der Waals surface area (Å²) in [6.45, 7) is 3.79. The van der Waals surface area contributed by atoms with Crippen molar-refractivity contribution in [1.29, 1.82) is 0 Å². The van der Waals surface area contributed by atoms with Gasteiger partial charge in [-0.1, -0.05) is 0 Å². The standard InChI is InChI=1S/C14H22N4O/c19-12-5-4-10-18(11-12)13-6-7-15-14(16-13)17-8-2-1-3-9-17/h6-7,12,19H,1-5,8-11H2. The highest BCUT2D eigenvalue weighted by atomic mass is 16.3. The predicted molar refractivity (Wildman–Crippen MR) is 75.5 cm³/mol. The molecular weight excluding hydrogens is 240 g/mol. The van der Waals surface area contributed by atoms with Crippen LogP contribution in [-0.4, -0.2) is 47.4 Å². The number of hydrogen-bond donors (Lipinski definition) is 1. The zero-order valence-electron chi connectivity index (χ0n) is 11.3. The first-order valence-electron chi connectivity index (χ1n) is 7.34. The summed E-state index contributed by atoms with van der Waals surface area (Å²) < 4.78 is 0. The molecule has 0 saturated carbocycles. The third-order valence-electron chi connectivity index (χ3n) is 3.99. The molecule has 0 spiro atoms. The van der Waals surface area contributed by atoms with Gasteiger partial charge >= 0.3 is 0 Å². The Balaban J connectivity index is 1.75.